The Morgan fingerprint density at radius 3 is 2.73 bits per heavy atom. The SMILES string of the molecule is C=C1C=CC(C)(C)CCCC(C)=CCC1. The highest BCUT2D eigenvalue weighted by atomic mass is 14.2. The zero-order chi connectivity index (χ0) is 11.3. The molecule has 15 heavy (non-hydrogen) atoms. The van der Waals surface area contributed by atoms with E-state index in [1.807, 2.05) is 0 Å². The van der Waals surface area contributed by atoms with Crippen molar-refractivity contribution in [3.63, 3.8) is 0 Å². The molecule has 0 saturated carbocycles. The van der Waals surface area contributed by atoms with Crippen LogP contribution in [0.25, 0.3) is 0 Å². The summed E-state index contributed by atoms with van der Waals surface area (Å²) in [7, 11) is 0. The maximum atomic E-state index is 4.09. The van der Waals surface area contributed by atoms with Gasteiger partial charge in [0, 0.05) is 0 Å². The van der Waals surface area contributed by atoms with E-state index in [0.717, 1.165) is 12.8 Å². The van der Waals surface area contributed by atoms with Crippen LogP contribution >= 0.6 is 0 Å². The highest BCUT2D eigenvalue weighted by molar-refractivity contribution is 5.18. The second kappa shape index (κ2) is 5.34. The lowest BCUT2D eigenvalue weighted by atomic mass is 9.86. The fourth-order valence-corrected chi connectivity index (χ4v) is 1.94. The van der Waals surface area contributed by atoms with Gasteiger partial charge in [0.1, 0.15) is 0 Å². The van der Waals surface area contributed by atoms with Crippen LogP contribution in [-0.4, -0.2) is 0 Å². The van der Waals surface area contributed by atoms with Crippen molar-refractivity contribution in [1.82, 2.24) is 0 Å². The third kappa shape index (κ3) is 5.01. The van der Waals surface area contributed by atoms with Crippen LogP contribution in [0.15, 0.2) is 36.0 Å². The summed E-state index contributed by atoms with van der Waals surface area (Å²) < 4.78 is 0. The van der Waals surface area contributed by atoms with Crippen molar-refractivity contribution in [1.29, 1.82) is 0 Å². The van der Waals surface area contributed by atoms with E-state index in [9.17, 15) is 0 Å². The Morgan fingerprint density at radius 1 is 1.27 bits per heavy atom. The zero-order valence-electron chi connectivity index (χ0n) is 10.5. The Kier molecular flexibility index (Phi) is 4.38. The second-order valence-electron chi connectivity index (χ2n) is 5.42. The Morgan fingerprint density at radius 2 is 2.00 bits per heavy atom. The molecule has 0 N–H and O–H groups in total. The molecule has 0 spiro atoms. The maximum Gasteiger partial charge on any atom is -0.0172 e. The van der Waals surface area contributed by atoms with E-state index >= 15 is 0 Å². The normalized spacial score (nSPS) is 23.1. The molecule has 1 rings (SSSR count). The van der Waals surface area contributed by atoms with E-state index in [1.165, 1.54) is 24.8 Å². The fraction of sp³-hybridized carbons (Fsp3) is 0.600. The maximum absolute atomic E-state index is 4.09. The molecule has 0 aromatic rings. The Bertz CT molecular complexity index is 276. The van der Waals surface area contributed by atoms with Gasteiger partial charge in [-0.1, -0.05) is 49.8 Å². The first kappa shape index (κ1) is 12.3. The smallest absolute Gasteiger partial charge is 0.0172 e. The summed E-state index contributed by atoms with van der Waals surface area (Å²) in [6.07, 6.45) is 13.0. The van der Waals surface area contributed by atoms with Gasteiger partial charge < -0.3 is 0 Å². The Balaban J connectivity index is 2.71. The van der Waals surface area contributed by atoms with Gasteiger partial charge in [-0.15, -0.1) is 0 Å². The van der Waals surface area contributed by atoms with Gasteiger partial charge in [0.2, 0.25) is 0 Å². The van der Waals surface area contributed by atoms with E-state index in [4.69, 9.17) is 0 Å². The van der Waals surface area contributed by atoms with Crippen LogP contribution in [0.5, 0.6) is 0 Å². The van der Waals surface area contributed by atoms with Gasteiger partial charge >= 0.3 is 0 Å². The predicted molar refractivity (Wildman–Crippen MR) is 68.9 cm³/mol. The van der Waals surface area contributed by atoms with Crippen LogP contribution in [-0.2, 0) is 0 Å². The Hall–Kier alpha value is -0.780. The van der Waals surface area contributed by atoms with Crippen molar-refractivity contribution in [2.45, 2.75) is 52.9 Å². The largest absolute Gasteiger partial charge is 0.0958 e. The average Bonchev–Trinajstić information content (AvgIpc) is 2.15. The lowest BCUT2D eigenvalue weighted by molar-refractivity contribution is 0.421. The summed E-state index contributed by atoms with van der Waals surface area (Å²) in [5.74, 6) is 0. The third-order valence-electron chi connectivity index (χ3n) is 3.12. The topological polar surface area (TPSA) is 0 Å². The van der Waals surface area contributed by atoms with Gasteiger partial charge in [0.05, 0.1) is 0 Å². The first-order chi connectivity index (χ1) is 6.99. The molecule has 0 saturated heterocycles. The van der Waals surface area contributed by atoms with Crippen molar-refractivity contribution in [2.75, 3.05) is 0 Å². The van der Waals surface area contributed by atoms with E-state index in [-0.39, 0.29) is 0 Å². The lowest BCUT2D eigenvalue weighted by Gasteiger charge is -2.20. The molecule has 0 fully saturated rings. The molecule has 0 amide bonds. The molecule has 0 aromatic carbocycles. The summed E-state index contributed by atoms with van der Waals surface area (Å²) in [6, 6.07) is 0. The van der Waals surface area contributed by atoms with E-state index in [2.05, 4.69) is 45.6 Å². The van der Waals surface area contributed by atoms with Gasteiger partial charge in [-0.2, -0.15) is 0 Å². The molecular formula is C15H24. The molecular weight excluding hydrogens is 180 g/mol. The molecule has 0 atom stereocenters. The molecule has 0 aromatic heterocycles. The van der Waals surface area contributed by atoms with Gasteiger partial charge in [0.25, 0.3) is 0 Å². The first-order valence-electron chi connectivity index (χ1n) is 6.02. The van der Waals surface area contributed by atoms with E-state index in [0.29, 0.717) is 5.41 Å². The quantitative estimate of drug-likeness (QED) is 0.485. The average molecular weight is 204 g/mol. The highest BCUT2D eigenvalue weighted by Crippen LogP contribution is 2.27. The van der Waals surface area contributed by atoms with E-state index < -0.39 is 0 Å². The van der Waals surface area contributed by atoms with Gasteiger partial charge in [-0.3, -0.25) is 0 Å². The molecule has 0 heteroatoms. The van der Waals surface area contributed by atoms with Gasteiger partial charge in [0.15, 0.2) is 0 Å². The molecule has 1 aliphatic rings. The molecule has 0 bridgehead atoms. The molecule has 0 aliphatic heterocycles. The van der Waals surface area contributed by atoms with Crippen LogP contribution in [0, 0.1) is 5.41 Å². The van der Waals surface area contributed by atoms with Crippen LogP contribution in [0.3, 0.4) is 0 Å². The molecule has 0 radical (unpaired) electrons. The van der Waals surface area contributed by atoms with Crippen LogP contribution in [0.2, 0.25) is 0 Å². The summed E-state index contributed by atoms with van der Waals surface area (Å²) in [5, 5.41) is 0. The molecule has 1 aliphatic carbocycles. The highest BCUT2D eigenvalue weighted by Gasteiger charge is 2.13. The second-order valence-corrected chi connectivity index (χ2v) is 5.42. The fourth-order valence-electron chi connectivity index (χ4n) is 1.94. The number of allylic oxidation sites excluding steroid dienone is 5. The lowest BCUT2D eigenvalue weighted by Crippen LogP contribution is -2.06. The van der Waals surface area contributed by atoms with Crippen LogP contribution in [0.4, 0.5) is 0 Å². The summed E-state index contributed by atoms with van der Waals surface area (Å²) in [4.78, 5) is 0. The van der Waals surface area contributed by atoms with Crippen LogP contribution < -0.4 is 0 Å². The molecule has 0 heterocycles. The van der Waals surface area contributed by atoms with E-state index in [1.54, 1.807) is 5.57 Å². The van der Waals surface area contributed by atoms with Crippen molar-refractivity contribution in [3.05, 3.63) is 36.0 Å². The number of rotatable bonds is 0. The zero-order valence-corrected chi connectivity index (χ0v) is 10.5. The van der Waals surface area contributed by atoms with Crippen molar-refractivity contribution >= 4 is 0 Å². The number of hydrogen-bond acceptors (Lipinski definition) is 0. The van der Waals surface area contributed by atoms with Crippen molar-refractivity contribution < 1.29 is 0 Å². The van der Waals surface area contributed by atoms with Crippen molar-refractivity contribution in [3.8, 4) is 0 Å². The minimum absolute atomic E-state index is 0.327. The number of hydrogen-bond donors (Lipinski definition) is 0. The van der Waals surface area contributed by atoms with Crippen molar-refractivity contribution in [2.24, 2.45) is 5.41 Å². The summed E-state index contributed by atoms with van der Waals surface area (Å²) in [6.45, 7) is 11.0. The molecule has 0 nitrogen and oxygen atoms in total. The summed E-state index contributed by atoms with van der Waals surface area (Å²) >= 11 is 0. The third-order valence-corrected chi connectivity index (χ3v) is 3.12. The van der Waals surface area contributed by atoms with Gasteiger partial charge in [-0.25, -0.2) is 0 Å². The van der Waals surface area contributed by atoms with Crippen LogP contribution in [0.1, 0.15) is 52.9 Å². The minimum Gasteiger partial charge on any atom is -0.0958 e. The molecule has 84 valence electrons. The van der Waals surface area contributed by atoms with Gasteiger partial charge in [-0.05, 0) is 44.4 Å². The summed E-state index contributed by atoms with van der Waals surface area (Å²) in [5.41, 5.74) is 3.13. The standard InChI is InChI=1S/C15H24/c1-13-7-5-8-14(2)10-12-15(3,4)11-6-9-13/h7,10,12H,2,5-6,8-9,11H2,1,3-4H3. The minimum atomic E-state index is 0.327. The Labute approximate surface area is 94.8 Å². The monoisotopic (exact) mass is 204 g/mol. The predicted octanol–water partition coefficient (Wildman–Crippen LogP) is 5.04. The molecule has 0 unspecified atom stereocenters. The first-order valence-corrected chi connectivity index (χ1v) is 6.02.